The average molecular weight is 365 g/mol. The predicted molar refractivity (Wildman–Crippen MR) is 103 cm³/mol. The Balaban J connectivity index is 1.88. The second-order valence-corrected chi connectivity index (χ2v) is 6.34. The number of nitrogen functional groups attached to an aromatic ring is 1. The molecule has 0 bridgehead atoms. The van der Waals surface area contributed by atoms with E-state index in [1.165, 1.54) is 0 Å². The zero-order valence-corrected chi connectivity index (χ0v) is 15.5. The molecule has 3 rings (SSSR count). The van der Waals surface area contributed by atoms with Crippen molar-refractivity contribution in [1.82, 2.24) is 19.6 Å². The summed E-state index contributed by atoms with van der Waals surface area (Å²) in [6.07, 6.45) is 2.45. The molecule has 8 heteroatoms. The lowest BCUT2D eigenvalue weighted by molar-refractivity contribution is 0.276. The van der Waals surface area contributed by atoms with Gasteiger partial charge in [-0.3, -0.25) is 4.98 Å². The number of pyridine rings is 1. The second kappa shape index (κ2) is 8.01. The molecule has 0 spiro atoms. The first kappa shape index (κ1) is 18.6. The molecule has 8 nitrogen and oxygen atoms in total. The summed E-state index contributed by atoms with van der Waals surface area (Å²) < 4.78 is 1.55. The highest BCUT2D eigenvalue weighted by Gasteiger charge is 2.18. The van der Waals surface area contributed by atoms with E-state index in [1.54, 1.807) is 10.6 Å². The number of aryl methyl sites for hydroxylation is 2. The van der Waals surface area contributed by atoms with Gasteiger partial charge in [0.05, 0.1) is 18.0 Å². The summed E-state index contributed by atoms with van der Waals surface area (Å²) in [4.78, 5) is 9.00. The SMILES string of the molecule is CCCc1c(C)nn2c(N)c(C#N)c(NCCc3cccc(CO)n3)nc12. The fourth-order valence-corrected chi connectivity index (χ4v) is 3.07. The average Bonchev–Trinajstić information content (AvgIpc) is 2.99. The van der Waals surface area contributed by atoms with Crippen LogP contribution in [0.5, 0.6) is 0 Å². The number of fused-ring (bicyclic) bond motifs is 1. The first-order valence-corrected chi connectivity index (χ1v) is 8.96. The van der Waals surface area contributed by atoms with Crippen molar-refractivity contribution in [3.8, 4) is 6.07 Å². The number of rotatable bonds is 7. The lowest BCUT2D eigenvalue weighted by atomic mass is 10.1. The van der Waals surface area contributed by atoms with Crippen molar-refractivity contribution < 1.29 is 5.11 Å². The topological polar surface area (TPSA) is 125 Å². The molecule has 27 heavy (non-hydrogen) atoms. The van der Waals surface area contributed by atoms with Gasteiger partial charge in [-0.25, -0.2) is 4.98 Å². The maximum absolute atomic E-state index is 9.53. The van der Waals surface area contributed by atoms with E-state index < -0.39 is 0 Å². The monoisotopic (exact) mass is 365 g/mol. The van der Waals surface area contributed by atoms with Gasteiger partial charge in [0.2, 0.25) is 0 Å². The minimum atomic E-state index is -0.0879. The van der Waals surface area contributed by atoms with Crippen LogP contribution in [0.4, 0.5) is 11.6 Å². The van der Waals surface area contributed by atoms with Crippen LogP contribution in [0.3, 0.4) is 0 Å². The second-order valence-electron chi connectivity index (χ2n) is 6.34. The van der Waals surface area contributed by atoms with Crippen molar-refractivity contribution in [3.63, 3.8) is 0 Å². The molecule has 3 aromatic rings. The van der Waals surface area contributed by atoms with E-state index in [1.807, 2.05) is 19.1 Å². The van der Waals surface area contributed by atoms with E-state index in [2.05, 4.69) is 33.4 Å². The van der Waals surface area contributed by atoms with E-state index in [9.17, 15) is 10.4 Å². The van der Waals surface area contributed by atoms with Crippen molar-refractivity contribution in [2.75, 3.05) is 17.6 Å². The number of nitrogens with one attached hydrogen (secondary N) is 1. The first-order valence-electron chi connectivity index (χ1n) is 8.96. The summed E-state index contributed by atoms with van der Waals surface area (Å²) in [6, 6.07) is 7.66. The molecule has 0 unspecified atom stereocenters. The molecule has 0 aliphatic carbocycles. The summed E-state index contributed by atoms with van der Waals surface area (Å²) >= 11 is 0. The fourth-order valence-electron chi connectivity index (χ4n) is 3.07. The number of hydrogen-bond donors (Lipinski definition) is 3. The number of hydrogen-bond acceptors (Lipinski definition) is 7. The fraction of sp³-hybridized carbons (Fsp3) is 0.368. The van der Waals surface area contributed by atoms with Crippen LogP contribution in [0.25, 0.3) is 5.65 Å². The van der Waals surface area contributed by atoms with Gasteiger partial charge in [0.15, 0.2) is 5.65 Å². The van der Waals surface area contributed by atoms with Gasteiger partial charge in [-0.1, -0.05) is 19.4 Å². The van der Waals surface area contributed by atoms with Crippen LogP contribution in [0.2, 0.25) is 0 Å². The van der Waals surface area contributed by atoms with Crippen molar-refractivity contribution in [2.45, 2.75) is 39.7 Å². The highest BCUT2D eigenvalue weighted by atomic mass is 16.3. The molecule has 0 saturated carbocycles. The third kappa shape index (κ3) is 3.68. The van der Waals surface area contributed by atoms with E-state index in [-0.39, 0.29) is 18.0 Å². The lowest BCUT2D eigenvalue weighted by Gasteiger charge is -2.11. The molecule has 140 valence electrons. The number of nitrogens with zero attached hydrogens (tertiary/aromatic N) is 5. The Morgan fingerprint density at radius 3 is 2.74 bits per heavy atom. The maximum atomic E-state index is 9.53. The highest BCUT2D eigenvalue weighted by Crippen LogP contribution is 2.25. The van der Waals surface area contributed by atoms with E-state index in [0.717, 1.165) is 29.8 Å². The zero-order valence-electron chi connectivity index (χ0n) is 15.5. The minimum absolute atomic E-state index is 0.0879. The largest absolute Gasteiger partial charge is 0.390 e. The molecular formula is C19H23N7O. The Kier molecular flexibility index (Phi) is 5.52. The van der Waals surface area contributed by atoms with Gasteiger partial charge in [-0.2, -0.15) is 14.9 Å². The molecule has 4 N–H and O–H groups in total. The third-order valence-corrected chi connectivity index (χ3v) is 4.41. The smallest absolute Gasteiger partial charge is 0.163 e. The zero-order chi connectivity index (χ0) is 19.4. The summed E-state index contributed by atoms with van der Waals surface area (Å²) in [5.74, 6) is 0.744. The van der Waals surface area contributed by atoms with E-state index in [0.29, 0.717) is 30.1 Å². The van der Waals surface area contributed by atoms with E-state index in [4.69, 9.17) is 5.73 Å². The number of nitriles is 1. The van der Waals surface area contributed by atoms with Gasteiger partial charge in [-0.15, -0.1) is 0 Å². The first-order chi connectivity index (χ1) is 13.1. The summed E-state index contributed by atoms with van der Waals surface area (Å²) in [5, 5.41) is 26.4. The number of aliphatic hydroxyl groups excluding tert-OH is 1. The van der Waals surface area contributed by atoms with Crippen LogP contribution in [-0.2, 0) is 19.4 Å². The molecule has 0 aromatic carbocycles. The molecule has 0 aliphatic rings. The number of aromatic nitrogens is 4. The highest BCUT2D eigenvalue weighted by molar-refractivity contribution is 5.69. The molecule has 0 aliphatic heterocycles. The molecule has 3 aromatic heterocycles. The Hall–Kier alpha value is -3.18. The third-order valence-electron chi connectivity index (χ3n) is 4.41. The number of anilines is 2. The van der Waals surface area contributed by atoms with Crippen LogP contribution >= 0.6 is 0 Å². The molecular weight excluding hydrogens is 342 g/mol. The predicted octanol–water partition coefficient (Wildman–Crippen LogP) is 1.99. The molecule has 0 radical (unpaired) electrons. The minimum Gasteiger partial charge on any atom is -0.390 e. The van der Waals surface area contributed by atoms with Crippen LogP contribution in [0, 0.1) is 18.3 Å². The van der Waals surface area contributed by atoms with Gasteiger partial charge < -0.3 is 16.2 Å². The molecule has 3 heterocycles. The maximum Gasteiger partial charge on any atom is 0.163 e. The normalized spacial score (nSPS) is 10.9. The van der Waals surface area contributed by atoms with E-state index >= 15 is 0 Å². The van der Waals surface area contributed by atoms with Crippen molar-refractivity contribution >= 4 is 17.3 Å². The van der Waals surface area contributed by atoms with Crippen molar-refractivity contribution in [1.29, 1.82) is 5.26 Å². The Labute approximate surface area is 157 Å². The van der Waals surface area contributed by atoms with Gasteiger partial charge in [0, 0.05) is 24.2 Å². The molecule has 0 fully saturated rings. The quantitative estimate of drug-likeness (QED) is 0.584. The summed E-state index contributed by atoms with van der Waals surface area (Å²) in [5.41, 5.74) is 10.6. The molecule has 0 amide bonds. The lowest BCUT2D eigenvalue weighted by Crippen LogP contribution is -2.13. The number of nitrogens with two attached hydrogens (primary N) is 1. The molecule has 0 atom stereocenters. The number of aliphatic hydroxyl groups is 1. The Bertz CT molecular complexity index is 1000. The summed E-state index contributed by atoms with van der Waals surface area (Å²) in [6.45, 7) is 4.48. The Morgan fingerprint density at radius 2 is 2.04 bits per heavy atom. The standard InChI is InChI=1S/C19H23N7O/c1-3-5-15-12(2)25-26-17(21)16(10-20)18(24-19(15)26)22-9-8-13-6-4-7-14(11-27)23-13/h4,6-7,27H,3,5,8-9,11,21H2,1-2H3,(H,22,24). The van der Waals surface area contributed by atoms with Crippen LogP contribution in [0.15, 0.2) is 18.2 Å². The van der Waals surface area contributed by atoms with Gasteiger partial charge in [0.1, 0.15) is 23.3 Å². The Morgan fingerprint density at radius 1 is 1.26 bits per heavy atom. The van der Waals surface area contributed by atoms with Crippen LogP contribution in [-0.4, -0.2) is 31.2 Å². The summed E-state index contributed by atoms with van der Waals surface area (Å²) in [7, 11) is 0. The van der Waals surface area contributed by atoms with Crippen molar-refractivity contribution in [3.05, 3.63) is 46.4 Å². The van der Waals surface area contributed by atoms with Crippen LogP contribution in [0.1, 0.15) is 41.6 Å². The molecule has 0 saturated heterocycles. The van der Waals surface area contributed by atoms with Gasteiger partial charge in [-0.05, 0) is 25.5 Å². The van der Waals surface area contributed by atoms with Gasteiger partial charge in [0.25, 0.3) is 0 Å². The van der Waals surface area contributed by atoms with Crippen LogP contribution < -0.4 is 11.1 Å². The van der Waals surface area contributed by atoms with Gasteiger partial charge >= 0.3 is 0 Å². The van der Waals surface area contributed by atoms with Crippen molar-refractivity contribution in [2.24, 2.45) is 0 Å².